The third-order valence-electron chi connectivity index (χ3n) is 11.4. The number of hydrogen-bond donors (Lipinski definition) is 4. The normalized spacial score (nSPS) is 12.2. The van der Waals surface area contributed by atoms with Gasteiger partial charge in [0.2, 0.25) is 5.97 Å². The van der Waals surface area contributed by atoms with Gasteiger partial charge in [0.05, 0.1) is 62.0 Å². The number of aromatic nitrogens is 6. The molecule has 4 aromatic heterocycles. The van der Waals surface area contributed by atoms with Crippen molar-refractivity contribution in [3.05, 3.63) is 236 Å². The van der Waals surface area contributed by atoms with Crippen LogP contribution in [0.15, 0.2) is 146 Å². The first kappa shape index (κ1) is 70.0. The summed E-state index contributed by atoms with van der Waals surface area (Å²) in [6.45, 7) is 7.36. The Kier molecular flexibility index (Phi) is 27.4. The van der Waals surface area contributed by atoms with Crippen molar-refractivity contribution in [3.8, 4) is 0 Å². The van der Waals surface area contributed by atoms with Crippen LogP contribution in [0.2, 0.25) is 10.0 Å². The molecule has 0 spiro atoms. The van der Waals surface area contributed by atoms with Gasteiger partial charge in [0, 0.05) is 63.9 Å². The maximum absolute atomic E-state index is 14.6. The molecular formula is C56H51BCl2F8N8NaO7. The number of pyridine rings is 2. The molecule has 431 valence electrons. The number of nitrogens with zero attached hydrogens (tertiary/aromatic N) is 4. The third-order valence-corrected chi connectivity index (χ3v) is 11.8. The molecule has 5 N–H and O–H groups in total. The number of aromatic amines is 2. The number of aryl methyl sites for hydroxylation is 2. The Balaban J connectivity index is 0.000000324. The van der Waals surface area contributed by atoms with Gasteiger partial charge in [0.25, 0.3) is 0 Å². The van der Waals surface area contributed by atoms with Gasteiger partial charge in [-0.05, 0) is 96.8 Å². The van der Waals surface area contributed by atoms with Gasteiger partial charge in [-0.3, -0.25) is 24.9 Å². The number of rotatable bonds is 12. The molecule has 0 amide bonds. The standard InChI is InChI=1S/C25H21ClF4N4.C20H15ClF4N2.C5H6N2O.C4H6O4.C2H3BO2.Na/c1-16-22(33-15-32-16)14-34-24(12-17-5-3-2-4-6-17,23-8-7-20(26)13-31-23)18-9-19(25(28,29)30)11-21(27)10-18;21-16-6-7-18(27-12-16)19(26,11-13-4-2-1-3-5-13)14-8-15(20(23,24)25)10-17(22)9-14;1-4-5(2-8)7-3-6-4;1-3(5)7-8-4(2)6;1-2(4)5-3;/h2-11,13,15,34H,12,14H2,1H3,(H,32,33);1-10,12H,11,26H2;2-3H,1H3,(H,6,7);1-2H3;1H3;/q;;;;-1;+1. The molecule has 83 heavy (non-hydrogen) atoms. The molecule has 0 aliphatic carbocycles. The van der Waals surface area contributed by atoms with Crippen molar-refractivity contribution >= 4 is 55.4 Å². The van der Waals surface area contributed by atoms with Crippen molar-refractivity contribution in [2.24, 2.45) is 5.73 Å². The van der Waals surface area contributed by atoms with E-state index in [0.29, 0.717) is 39.3 Å². The number of halogens is 10. The summed E-state index contributed by atoms with van der Waals surface area (Å²) >= 11 is 11.9. The molecule has 0 aliphatic heterocycles. The topological polar surface area (TPSA) is 217 Å². The Hall–Kier alpha value is -7.32. The van der Waals surface area contributed by atoms with E-state index in [9.17, 15) is 54.3 Å². The van der Waals surface area contributed by atoms with Gasteiger partial charge < -0.3 is 28.4 Å². The average molecular weight is 1200 g/mol. The van der Waals surface area contributed by atoms with Crippen LogP contribution >= 0.6 is 23.2 Å². The van der Waals surface area contributed by atoms with Gasteiger partial charge in [-0.1, -0.05) is 83.9 Å². The molecule has 2 atom stereocenters. The molecule has 0 aliphatic rings. The summed E-state index contributed by atoms with van der Waals surface area (Å²) in [5.74, 6) is -3.75. The zero-order valence-corrected chi connectivity index (χ0v) is 48.6. The largest absolute Gasteiger partial charge is 1.00 e. The number of aldehydes is 1. The van der Waals surface area contributed by atoms with E-state index < -0.39 is 64.1 Å². The fourth-order valence-corrected chi connectivity index (χ4v) is 7.66. The molecule has 8 aromatic rings. The van der Waals surface area contributed by atoms with Crippen molar-refractivity contribution in [1.82, 2.24) is 35.2 Å². The van der Waals surface area contributed by atoms with Crippen LogP contribution < -0.4 is 40.6 Å². The monoisotopic (exact) mass is 1200 g/mol. The van der Waals surface area contributed by atoms with Gasteiger partial charge in [0.15, 0.2) is 6.29 Å². The number of carbonyl (C=O) groups excluding carboxylic acids is 4. The summed E-state index contributed by atoms with van der Waals surface area (Å²) in [7, 11) is 4.32. The van der Waals surface area contributed by atoms with E-state index in [1.54, 1.807) is 49.4 Å². The third kappa shape index (κ3) is 22.1. The zero-order valence-electron chi connectivity index (χ0n) is 45.1. The molecule has 15 nitrogen and oxygen atoms in total. The maximum Gasteiger partial charge on any atom is 1.00 e. The molecule has 0 saturated heterocycles. The van der Waals surface area contributed by atoms with Gasteiger partial charge >= 0.3 is 53.8 Å². The van der Waals surface area contributed by atoms with E-state index >= 15 is 0 Å². The first-order valence-electron chi connectivity index (χ1n) is 23.9. The molecule has 27 heteroatoms. The maximum atomic E-state index is 14.6. The van der Waals surface area contributed by atoms with Gasteiger partial charge in [0.1, 0.15) is 17.3 Å². The van der Waals surface area contributed by atoms with Gasteiger partial charge in [-0.25, -0.2) is 38.1 Å². The van der Waals surface area contributed by atoms with Crippen LogP contribution in [0.3, 0.4) is 0 Å². The second-order valence-electron chi connectivity index (χ2n) is 17.5. The molecule has 4 aromatic carbocycles. The van der Waals surface area contributed by atoms with Crippen LogP contribution in [-0.4, -0.2) is 62.1 Å². The number of alkyl halides is 6. The summed E-state index contributed by atoms with van der Waals surface area (Å²) < 4.78 is 113. The Bertz CT molecular complexity index is 3340. The molecule has 0 fully saturated rings. The summed E-state index contributed by atoms with van der Waals surface area (Å²) in [5.41, 5.74) is 6.73. The van der Waals surface area contributed by atoms with E-state index in [2.05, 4.69) is 57.7 Å². The minimum atomic E-state index is -4.72. The van der Waals surface area contributed by atoms with Crippen molar-refractivity contribution in [2.45, 2.75) is 77.4 Å². The summed E-state index contributed by atoms with van der Waals surface area (Å²) in [4.78, 5) is 69.2. The minimum absolute atomic E-state index is 0. The van der Waals surface area contributed by atoms with E-state index in [0.717, 1.165) is 66.9 Å². The molecule has 2 unspecified atom stereocenters. The van der Waals surface area contributed by atoms with Crippen LogP contribution in [0.25, 0.3) is 0 Å². The van der Waals surface area contributed by atoms with E-state index in [1.807, 2.05) is 43.3 Å². The number of hydrogen-bond acceptors (Lipinski definition) is 13. The first-order valence-corrected chi connectivity index (χ1v) is 24.6. The van der Waals surface area contributed by atoms with Crippen LogP contribution in [0, 0.1) is 25.5 Å². The second kappa shape index (κ2) is 32.5. The van der Waals surface area contributed by atoms with E-state index in [1.165, 1.54) is 38.0 Å². The van der Waals surface area contributed by atoms with Crippen LogP contribution in [0.5, 0.6) is 0 Å². The molecule has 3 radical (unpaired) electrons. The Morgan fingerprint density at radius 2 is 1.05 bits per heavy atom. The number of benzene rings is 4. The predicted molar refractivity (Wildman–Crippen MR) is 287 cm³/mol. The van der Waals surface area contributed by atoms with Crippen molar-refractivity contribution in [1.29, 1.82) is 0 Å². The van der Waals surface area contributed by atoms with Crippen LogP contribution in [0.1, 0.15) is 93.1 Å². The fourth-order valence-electron chi connectivity index (χ4n) is 7.44. The van der Waals surface area contributed by atoms with Crippen molar-refractivity contribution < 1.29 is 98.3 Å². The number of imidazole rings is 2. The van der Waals surface area contributed by atoms with Gasteiger partial charge in [-0.15, -0.1) is 0 Å². The van der Waals surface area contributed by atoms with Crippen LogP contribution in [0.4, 0.5) is 35.1 Å². The van der Waals surface area contributed by atoms with Crippen molar-refractivity contribution in [2.75, 3.05) is 0 Å². The first-order chi connectivity index (χ1) is 38.6. The van der Waals surface area contributed by atoms with Crippen LogP contribution in [-0.2, 0) is 71.6 Å². The SMILES string of the molecule is CC(=O)OOC(C)=O.Cc1[nH]cnc1C=O.Cc1[nH]cnc1CNC(Cc1ccccc1)(c1cc(F)cc(C(F)(F)F)c1)c1ccc(Cl)cn1.NC(Cc1ccccc1)(c1cc(F)cc(C(F)(F)F)c1)c1ccc(Cl)cn1.[B-]OC(C)=O.[Na+]. The van der Waals surface area contributed by atoms with E-state index in [-0.39, 0.29) is 65.8 Å². The molecule has 8 rings (SSSR count). The Labute approximate surface area is 504 Å². The number of carbonyl (C=O) groups is 4. The number of nitrogens with one attached hydrogen (secondary N) is 3. The second-order valence-corrected chi connectivity index (χ2v) is 18.4. The fraction of sp³-hybridized carbons (Fsp3) is 0.214. The molecule has 0 bridgehead atoms. The Morgan fingerprint density at radius 3 is 1.43 bits per heavy atom. The van der Waals surface area contributed by atoms with Gasteiger partial charge in [-0.2, -0.15) is 26.3 Å². The zero-order chi connectivity index (χ0) is 60.8. The molecule has 4 heterocycles. The summed E-state index contributed by atoms with van der Waals surface area (Å²) in [6.07, 6.45) is -2.55. The smallest absolute Gasteiger partial charge is 0.793 e. The Morgan fingerprint density at radius 1 is 0.614 bits per heavy atom. The predicted octanol–water partition coefficient (Wildman–Crippen LogP) is 8.73. The van der Waals surface area contributed by atoms with E-state index in [4.69, 9.17) is 28.9 Å². The number of H-pyrrole nitrogens is 2. The molecule has 0 saturated carbocycles. The summed E-state index contributed by atoms with van der Waals surface area (Å²) in [5, 5.41) is 4.09. The quantitative estimate of drug-likeness (QED) is 0.0296. The summed E-state index contributed by atoms with van der Waals surface area (Å²) in [6, 6.07) is 29.4. The minimum Gasteiger partial charge on any atom is -0.793 e. The molecular weight excluding hydrogens is 1150 g/mol. The van der Waals surface area contributed by atoms with Crippen molar-refractivity contribution in [3.63, 3.8) is 0 Å². The number of nitrogens with two attached hydrogens (primary N) is 1. The average Bonchev–Trinajstić information content (AvgIpc) is 4.06.